The van der Waals surface area contributed by atoms with E-state index < -0.39 is 11.8 Å². The van der Waals surface area contributed by atoms with Crippen molar-refractivity contribution in [1.82, 2.24) is 35.1 Å². The van der Waals surface area contributed by atoms with Gasteiger partial charge in [-0.15, -0.1) is 0 Å². The molecule has 2 fully saturated rings. The second kappa shape index (κ2) is 8.27. The molecule has 0 aliphatic carbocycles. The zero-order chi connectivity index (χ0) is 21.1. The second-order valence-corrected chi connectivity index (χ2v) is 7.66. The number of aromatic nitrogens is 4. The summed E-state index contributed by atoms with van der Waals surface area (Å²) in [5, 5.41) is 16.0. The van der Waals surface area contributed by atoms with Gasteiger partial charge in [-0.05, 0) is 18.9 Å². The maximum absolute atomic E-state index is 12.0. The topological polar surface area (TPSA) is 129 Å². The fourth-order valence-electron chi connectivity index (χ4n) is 4.52. The van der Waals surface area contributed by atoms with Crippen LogP contribution in [0.2, 0.25) is 0 Å². The Morgan fingerprint density at radius 2 is 2.07 bits per heavy atom. The van der Waals surface area contributed by atoms with E-state index in [1.54, 1.807) is 29.5 Å². The third-order valence-corrected chi connectivity index (χ3v) is 5.87. The predicted octanol–water partition coefficient (Wildman–Crippen LogP) is 0.294. The maximum Gasteiger partial charge on any atom is 0.409 e. The number of carboxylic acid groups (broad SMARTS) is 1. The summed E-state index contributed by atoms with van der Waals surface area (Å²) in [4.78, 5) is 40.4. The molecule has 4 heterocycles. The van der Waals surface area contributed by atoms with Gasteiger partial charge in [0.15, 0.2) is 0 Å². The Balaban J connectivity index is 1.52. The zero-order valence-corrected chi connectivity index (χ0v) is 16.9. The van der Waals surface area contributed by atoms with E-state index in [-0.39, 0.29) is 11.8 Å². The summed E-state index contributed by atoms with van der Waals surface area (Å²) in [6.45, 7) is 4.17. The summed E-state index contributed by atoms with van der Waals surface area (Å²) >= 11 is 0. The first-order chi connectivity index (χ1) is 14.5. The molecule has 30 heavy (non-hydrogen) atoms. The summed E-state index contributed by atoms with van der Waals surface area (Å²) in [6.07, 6.45) is 7.30. The molecule has 0 saturated carbocycles. The van der Waals surface area contributed by atoms with Crippen molar-refractivity contribution in [3.8, 4) is 5.95 Å². The first-order valence-electron chi connectivity index (χ1n) is 10.1. The lowest BCUT2D eigenvalue weighted by atomic mass is 9.81. The number of rotatable bonds is 4. The molecule has 4 rings (SSSR count). The summed E-state index contributed by atoms with van der Waals surface area (Å²) in [7, 11) is 0. The van der Waals surface area contributed by atoms with E-state index in [0.717, 1.165) is 18.7 Å². The number of piperidine rings is 1. The molecular weight excluding hydrogens is 388 g/mol. The Kier molecular flexibility index (Phi) is 5.53. The summed E-state index contributed by atoms with van der Waals surface area (Å²) in [6, 6.07) is 1.87. The van der Waals surface area contributed by atoms with Crippen molar-refractivity contribution in [2.75, 3.05) is 37.6 Å². The fourth-order valence-corrected chi connectivity index (χ4v) is 4.52. The molecule has 2 aliphatic rings. The van der Waals surface area contributed by atoms with Crippen molar-refractivity contribution in [2.24, 2.45) is 5.92 Å². The Bertz CT molecular complexity index is 897. The third kappa shape index (κ3) is 3.80. The minimum atomic E-state index is -1.01. The lowest BCUT2D eigenvalue weighted by Gasteiger charge is -2.52. The highest BCUT2D eigenvalue weighted by Crippen LogP contribution is 2.34. The average molecular weight is 414 g/mol. The van der Waals surface area contributed by atoms with Crippen molar-refractivity contribution >= 4 is 17.8 Å². The molecule has 2 aliphatic heterocycles. The van der Waals surface area contributed by atoms with Gasteiger partial charge in [-0.2, -0.15) is 4.98 Å². The minimum Gasteiger partial charge on any atom is -0.465 e. The largest absolute Gasteiger partial charge is 0.465 e. The van der Waals surface area contributed by atoms with Gasteiger partial charge in [0.05, 0.1) is 0 Å². The minimum absolute atomic E-state index is 0.00323. The number of hydrogen-bond donors (Lipinski definition) is 3. The van der Waals surface area contributed by atoms with E-state index in [2.05, 4.69) is 30.5 Å². The van der Waals surface area contributed by atoms with Crippen LogP contribution in [0.25, 0.3) is 5.95 Å². The van der Waals surface area contributed by atoms with Crippen LogP contribution >= 0.6 is 0 Å². The Hall–Kier alpha value is -3.21. The van der Waals surface area contributed by atoms with Gasteiger partial charge in [-0.25, -0.2) is 14.8 Å². The highest BCUT2D eigenvalue weighted by molar-refractivity contribution is 5.75. The van der Waals surface area contributed by atoms with Gasteiger partial charge in [-0.3, -0.25) is 14.3 Å². The molecule has 11 nitrogen and oxygen atoms in total. The number of anilines is 1. The van der Waals surface area contributed by atoms with Gasteiger partial charge in [-0.1, -0.05) is 0 Å². The molecule has 2 aromatic rings. The van der Waals surface area contributed by atoms with Crippen LogP contribution in [0, 0.1) is 5.92 Å². The highest BCUT2D eigenvalue weighted by Gasteiger charge is 2.49. The van der Waals surface area contributed by atoms with Gasteiger partial charge in [0.25, 0.3) is 0 Å². The van der Waals surface area contributed by atoms with Crippen LogP contribution in [0.5, 0.6) is 0 Å². The van der Waals surface area contributed by atoms with Crippen LogP contribution in [0.3, 0.4) is 0 Å². The van der Waals surface area contributed by atoms with E-state index in [9.17, 15) is 14.7 Å². The van der Waals surface area contributed by atoms with E-state index >= 15 is 0 Å². The number of carbonyl (C=O) groups excluding carboxylic acids is 1. The van der Waals surface area contributed by atoms with Gasteiger partial charge in [0.2, 0.25) is 11.9 Å². The predicted molar refractivity (Wildman–Crippen MR) is 108 cm³/mol. The average Bonchev–Trinajstić information content (AvgIpc) is 3.29. The molecule has 3 N–H and O–H groups in total. The summed E-state index contributed by atoms with van der Waals surface area (Å²) in [5.41, 5.74) is -0.935. The van der Waals surface area contributed by atoms with Crippen LogP contribution in [0.15, 0.2) is 31.0 Å². The Labute approximate surface area is 174 Å². The SMILES string of the molecule is CC(=O)NC1(C2CCN(c3ccnc(-n4ccnc4)n3)CC2)CNCCN1C(=O)O. The van der Waals surface area contributed by atoms with Crippen LogP contribution in [-0.4, -0.2) is 79.9 Å². The third-order valence-electron chi connectivity index (χ3n) is 5.87. The van der Waals surface area contributed by atoms with E-state index in [1.807, 2.05) is 6.07 Å². The van der Waals surface area contributed by atoms with Crippen molar-refractivity contribution < 1.29 is 14.7 Å². The first-order valence-corrected chi connectivity index (χ1v) is 10.1. The van der Waals surface area contributed by atoms with E-state index in [1.165, 1.54) is 11.8 Å². The van der Waals surface area contributed by atoms with Crippen molar-refractivity contribution in [2.45, 2.75) is 25.4 Å². The lowest BCUT2D eigenvalue weighted by molar-refractivity contribution is -0.126. The molecule has 2 saturated heterocycles. The van der Waals surface area contributed by atoms with Crippen LogP contribution in [0.4, 0.5) is 10.6 Å². The molecule has 0 radical (unpaired) electrons. The van der Waals surface area contributed by atoms with Gasteiger partial charge < -0.3 is 20.6 Å². The monoisotopic (exact) mass is 414 g/mol. The normalized spacial score (nSPS) is 22.7. The van der Waals surface area contributed by atoms with E-state index in [4.69, 9.17) is 0 Å². The number of nitrogens with one attached hydrogen (secondary N) is 2. The molecule has 0 bridgehead atoms. The van der Waals surface area contributed by atoms with Gasteiger partial charge in [0, 0.05) is 64.2 Å². The molecule has 1 unspecified atom stereocenters. The van der Waals surface area contributed by atoms with Crippen LogP contribution in [-0.2, 0) is 4.79 Å². The molecule has 2 amide bonds. The van der Waals surface area contributed by atoms with Crippen LogP contribution in [0.1, 0.15) is 19.8 Å². The Morgan fingerprint density at radius 1 is 1.27 bits per heavy atom. The standard InChI is InChI=1S/C19H26N8O3/c1-14(28)24-19(12-20-7-11-27(19)18(29)30)15-3-8-25(9-4-15)16-2-5-22-17(23-16)26-10-6-21-13-26/h2,5-6,10,13,15,20H,3-4,7-9,11-12H2,1H3,(H,24,28)(H,29,30). The maximum atomic E-state index is 12.0. The van der Waals surface area contributed by atoms with E-state index in [0.29, 0.717) is 38.7 Å². The fraction of sp³-hybridized carbons (Fsp3) is 0.526. The lowest BCUT2D eigenvalue weighted by Crippen LogP contribution is -2.74. The molecule has 11 heteroatoms. The number of nitrogens with zero attached hydrogens (tertiary/aromatic N) is 6. The number of imidazole rings is 1. The quantitative estimate of drug-likeness (QED) is 0.651. The number of piperazine rings is 1. The molecular formula is C19H26N8O3. The van der Waals surface area contributed by atoms with Crippen molar-refractivity contribution in [3.05, 3.63) is 31.0 Å². The summed E-state index contributed by atoms with van der Waals surface area (Å²) < 4.78 is 1.75. The second-order valence-electron chi connectivity index (χ2n) is 7.66. The van der Waals surface area contributed by atoms with Gasteiger partial charge in [0.1, 0.15) is 17.8 Å². The van der Waals surface area contributed by atoms with Crippen LogP contribution < -0.4 is 15.5 Å². The van der Waals surface area contributed by atoms with Crippen molar-refractivity contribution in [3.63, 3.8) is 0 Å². The molecule has 160 valence electrons. The Morgan fingerprint density at radius 3 is 2.73 bits per heavy atom. The number of carbonyl (C=O) groups is 2. The molecule has 1 atom stereocenters. The molecule has 2 aromatic heterocycles. The molecule has 0 aromatic carbocycles. The molecule has 0 spiro atoms. The van der Waals surface area contributed by atoms with Gasteiger partial charge >= 0.3 is 6.09 Å². The smallest absolute Gasteiger partial charge is 0.409 e. The van der Waals surface area contributed by atoms with Crippen molar-refractivity contribution in [1.29, 1.82) is 0 Å². The first kappa shape index (κ1) is 20.1. The highest BCUT2D eigenvalue weighted by atomic mass is 16.4. The number of hydrogen-bond acceptors (Lipinski definition) is 7. The summed E-state index contributed by atoms with van der Waals surface area (Å²) in [5.74, 6) is 1.14. The zero-order valence-electron chi connectivity index (χ0n) is 16.9. The number of amides is 2.